The molecule has 1 atom stereocenters. The van der Waals surface area contributed by atoms with E-state index in [0.29, 0.717) is 6.04 Å². The van der Waals surface area contributed by atoms with Gasteiger partial charge in [0.05, 0.1) is 10.2 Å². The molecule has 0 aliphatic heterocycles. The van der Waals surface area contributed by atoms with Gasteiger partial charge >= 0.3 is 0 Å². The predicted molar refractivity (Wildman–Crippen MR) is 87.3 cm³/mol. The fraction of sp³-hybridized carbons (Fsp3) is 0.533. The van der Waals surface area contributed by atoms with Crippen LogP contribution in [0.3, 0.4) is 0 Å². The van der Waals surface area contributed by atoms with Crippen LogP contribution < -0.4 is 5.32 Å². The van der Waals surface area contributed by atoms with Crippen molar-refractivity contribution in [2.24, 2.45) is 0 Å². The van der Waals surface area contributed by atoms with E-state index in [9.17, 15) is 0 Å². The Balaban J connectivity index is 1.76. The molecular formula is C15H22N2S2. The fourth-order valence-electron chi connectivity index (χ4n) is 2.14. The van der Waals surface area contributed by atoms with Gasteiger partial charge < -0.3 is 5.32 Å². The van der Waals surface area contributed by atoms with Gasteiger partial charge in [0.1, 0.15) is 0 Å². The van der Waals surface area contributed by atoms with Crippen molar-refractivity contribution in [1.29, 1.82) is 0 Å². The Morgan fingerprint density at radius 3 is 2.89 bits per heavy atom. The van der Waals surface area contributed by atoms with Gasteiger partial charge in [-0.05, 0) is 37.9 Å². The van der Waals surface area contributed by atoms with E-state index in [1.54, 1.807) is 0 Å². The van der Waals surface area contributed by atoms with Gasteiger partial charge in [-0.25, -0.2) is 4.98 Å². The number of thioether (sulfide) groups is 1. The van der Waals surface area contributed by atoms with Crippen LogP contribution in [0, 0.1) is 0 Å². The van der Waals surface area contributed by atoms with Gasteiger partial charge in [0.25, 0.3) is 0 Å². The highest BCUT2D eigenvalue weighted by molar-refractivity contribution is 8.01. The van der Waals surface area contributed by atoms with Crippen LogP contribution in [0.15, 0.2) is 28.6 Å². The third kappa shape index (κ3) is 4.48. The topological polar surface area (TPSA) is 24.9 Å². The van der Waals surface area contributed by atoms with Crippen LogP contribution in [-0.4, -0.2) is 23.3 Å². The first-order valence-corrected chi connectivity index (χ1v) is 8.85. The number of nitrogens with zero attached hydrogens (tertiary/aromatic N) is 1. The molecule has 0 saturated heterocycles. The quantitative estimate of drug-likeness (QED) is 0.571. The minimum Gasteiger partial charge on any atom is -0.314 e. The molecule has 19 heavy (non-hydrogen) atoms. The van der Waals surface area contributed by atoms with Crippen LogP contribution >= 0.6 is 23.1 Å². The van der Waals surface area contributed by atoms with Crippen molar-refractivity contribution < 1.29 is 0 Å². The summed E-state index contributed by atoms with van der Waals surface area (Å²) in [4.78, 5) is 4.65. The normalized spacial score (nSPS) is 12.9. The molecule has 0 radical (unpaired) electrons. The number of thiazole rings is 1. The van der Waals surface area contributed by atoms with E-state index in [4.69, 9.17) is 0 Å². The van der Waals surface area contributed by atoms with E-state index in [-0.39, 0.29) is 0 Å². The maximum atomic E-state index is 4.65. The smallest absolute Gasteiger partial charge is 0.151 e. The molecular weight excluding hydrogens is 272 g/mol. The molecule has 0 bridgehead atoms. The fourth-order valence-corrected chi connectivity index (χ4v) is 4.24. The number of aromatic nitrogens is 1. The first-order chi connectivity index (χ1) is 9.33. The summed E-state index contributed by atoms with van der Waals surface area (Å²) in [5.74, 6) is 1.17. The van der Waals surface area contributed by atoms with Crippen molar-refractivity contribution in [1.82, 2.24) is 10.3 Å². The number of rotatable bonds is 8. The van der Waals surface area contributed by atoms with Crippen molar-refractivity contribution in [3.8, 4) is 0 Å². The van der Waals surface area contributed by atoms with Gasteiger partial charge in [-0.15, -0.1) is 11.3 Å². The second kappa shape index (κ2) is 7.88. The van der Waals surface area contributed by atoms with Gasteiger partial charge in [-0.1, -0.05) is 37.7 Å². The summed E-state index contributed by atoms with van der Waals surface area (Å²) < 4.78 is 2.50. The molecule has 2 aromatic rings. The van der Waals surface area contributed by atoms with Crippen molar-refractivity contribution in [2.45, 2.75) is 43.5 Å². The highest BCUT2D eigenvalue weighted by Gasteiger charge is 2.06. The van der Waals surface area contributed by atoms with Crippen molar-refractivity contribution >= 4 is 33.3 Å². The molecule has 2 rings (SSSR count). The SMILES string of the molecule is CCNC(CC)CCCSc1nc2ccccc2s1. The summed E-state index contributed by atoms with van der Waals surface area (Å²) in [6.07, 6.45) is 3.74. The molecule has 1 heterocycles. The lowest BCUT2D eigenvalue weighted by molar-refractivity contribution is 0.477. The number of nitrogens with one attached hydrogen (secondary N) is 1. The maximum Gasteiger partial charge on any atom is 0.151 e. The zero-order valence-electron chi connectivity index (χ0n) is 11.7. The summed E-state index contributed by atoms with van der Waals surface area (Å²) in [6, 6.07) is 9.06. The summed E-state index contributed by atoms with van der Waals surface area (Å²) in [6.45, 7) is 5.51. The van der Waals surface area contributed by atoms with Gasteiger partial charge in [0.15, 0.2) is 4.34 Å². The monoisotopic (exact) mass is 294 g/mol. The maximum absolute atomic E-state index is 4.65. The molecule has 4 heteroatoms. The number of fused-ring (bicyclic) bond motifs is 1. The molecule has 0 amide bonds. The minimum absolute atomic E-state index is 0.681. The Morgan fingerprint density at radius 2 is 2.16 bits per heavy atom. The zero-order chi connectivity index (χ0) is 13.5. The lowest BCUT2D eigenvalue weighted by atomic mass is 10.1. The molecule has 1 aromatic carbocycles. The standard InChI is InChI=1S/C15H22N2S2/c1-3-12(16-4-2)8-7-11-18-15-17-13-9-5-6-10-14(13)19-15/h5-6,9-10,12,16H,3-4,7-8,11H2,1-2H3. The van der Waals surface area contributed by atoms with Crippen LogP contribution in [0.1, 0.15) is 33.1 Å². The summed E-state index contributed by atoms with van der Waals surface area (Å²) in [5.41, 5.74) is 1.13. The van der Waals surface area contributed by atoms with E-state index in [0.717, 1.165) is 12.1 Å². The third-order valence-corrected chi connectivity index (χ3v) is 5.45. The van der Waals surface area contributed by atoms with Gasteiger partial charge in [-0.3, -0.25) is 0 Å². The van der Waals surface area contributed by atoms with Gasteiger partial charge in [-0.2, -0.15) is 0 Å². The van der Waals surface area contributed by atoms with Crippen LogP contribution in [0.2, 0.25) is 0 Å². The second-order valence-electron chi connectivity index (χ2n) is 4.60. The lowest BCUT2D eigenvalue weighted by Gasteiger charge is -2.14. The Kier molecular flexibility index (Phi) is 6.14. The molecule has 0 aliphatic carbocycles. The molecule has 0 aliphatic rings. The zero-order valence-corrected chi connectivity index (χ0v) is 13.3. The highest BCUT2D eigenvalue weighted by atomic mass is 32.2. The second-order valence-corrected chi connectivity index (χ2v) is 6.97. The molecule has 1 aromatic heterocycles. The van der Waals surface area contributed by atoms with Crippen molar-refractivity contribution in [3.63, 3.8) is 0 Å². The van der Waals surface area contributed by atoms with E-state index in [1.165, 1.54) is 34.1 Å². The van der Waals surface area contributed by atoms with Crippen LogP contribution in [0.5, 0.6) is 0 Å². The van der Waals surface area contributed by atoms with E-state index in [2.05, 4.69) is 48.4 Å². The molecule has 104 valence electrons. The van der Waals surface area contributed by atoms with Gasteiger partial charge in [0.2, 0.25) is 0 Å². The van der Waals surface area contributed by atoms with E-state index >= 15 is 0 Å². The number of hydrogen-bond acceptors (Lipinski definition) is 4. The third-order valence-electron chi connectivity index (χ3n) is 3.18. The average molecular weight is 294 g/mol. The Hall–Kier alpha value is -0.580. The molecule has 0 spiro atoms. The minimum atomic E-state index is 0.681. The van der Waals surface area contributed by atoms with Crippen LogP contribution in [0.25, 0.3) is 10.2 Å². The molecule has 2 nitrogen and oxygen atoms in total. The Bertz CT molecular complexity index is 463. The largest absolute Gasteiger partial charge is 0.314 e. The van der Waals surface area contributed by atoms with E-state index in [1.807, 2.05) is 23.1 Å². The number of hydrogen-bond donors (Lipinski definition) is 1. The Labute approximate surface area is 124 Å². The predicted octanol–water partition coefficient (Wildman–Crippen LogP) is 4.56. The van der Waals surface area contributed by atoms with Crippen molar-refractivity contribution in [2.75, 3.05) is 12.3 Å². The van der Waals surface area contributed by atoms with E-state index < -0.39 is 0 Å². The average Bonchev–Trinajstić information content (AvgIpc) is 2.85. The molecule has 0 fully saturated rings. The molecule has 0 saturated carbocycles. The summed E-state index contributed by atoms with van der Waals surface area (Å²) in [7, 11) is 0. The molecule has 1 N–H and O–H groups in total. The lowest BCUT2D eigenvalue weighted by Crippen LogP contribution is -2.27. The Morgan fingerprint density at radius 1 is 1.32 bits per heavy atom. The van der Waals surface area contributed by atoms with Crippen LogP contribution in [0.4, 0.5) is 0 Å². The van der Waals surface area contributed by atoms with Crippen molar-refractivity contribution in [3.05, 3.63) is 24.3 Å². The highest BCUT2D eigenvalue weighted by Crippen LogP contribution is 2.29. The first-order valence-electron chi connectivity index (χ1n) is 7.05. The number of para-hydroxylation sites is 1. The van der Waals surface area contributed by atoms with Gasteiger partial charge in [0, 0.05) is 11.8 Å². The number of benzene rings is 1. The molecule has 1 unspecified atom stereocenters. The first kappa shape index (κ1) is 14.8. The van der Waals surface area contributed by atoms with Crippen LogP contribution in [-0.2, 0) is 0 Å². The summed E-state index contributed by atoms with van der Waals surface area (Å²) >= 11 is 3.70. The summed E-state index contributed by atoms with van der Waals surface area (Å²) in [5, 5.41) is 3.53.